The molecule has 0 amide bonds. The Hall–Kier alpha value is -6.17. The Morgan fingerprint density at radius 3 is 1.98 bits per heavy atom. The Morgan fingerprint density at radius 1 is 0.417 bits per heavy atom. The largest absolute Gasteiger partial charge is 0.456 e. The van der Waals surface area contributed by atoms with Crippen LogP contribution in [0.5, 0.6) is 11.5 Å². The molecule has 9 aromatic rings. The number of thiophene rings is 1. The van der Waals surface area contributed by atoms with E-state index in [9.17, 15) is 0 Å². The summed E-state index contributed by atoms with van der Waals surface area (Å²) in [4.78, 5) is 15.6. The van der Waals surface area contributed by atoms with Crippen LogP contribution >= 0.6 is 11.3 Å². The van der Waals surface area contributed by atoms with Gasteiger partial charge in [-0.3, -0.25) is 0 Å². The van der Waals surface area contributed by atoms with Crippen molar-refractivity contribution in [3.8, 4) is 67.9 Å². The van der Waals surface area contributed by atoms with Gasteiger partial charge in [0.25, 0.3) is 0 Å². The summed E-state index contributed by atoms with van der Waals surface area (Å²) in [5.41, 5.74) is 7.21. The van der Waals surface area contributed by atoms with Crippen LogP contribution in [0.3, 0.4) is 0 Å². The molecule has 0 bridgehead atoms. The Labute approximate surface area is 280 Å². The van der Waals surface area contributed by atoms with Gasteiger partial charge in [0.15, 0.2) is 17.5 Å². The first kappa shape index (κ1) is 27.0. The maximum Gasteiger partial charge on any atom is 0.165 e. The Kier molecular flexibility index (Phi) is 6.01. The van der Waals surface area contributed by atoms with E-state index in [2.05, 4.69) is 121 Å². The van der Waals surface area contributed by atoms with Crippen molar-refractivity contribution in [2.75, 3.05) is 0 Å². The topological polar surface area (TPSA) is 47.9 Å². The lowest BCUT2D eigenvalue weighted by Gasteiger charge is -2.21. The SMILES string of the molecule is c1ccc(-c2ccccc2-c2nc(-c3ccc4c(c3)-c3cccc5cccc(c35)O4)nc(-c3cccc4c3sc3ccccc34)n2)cc1. The second-order valence-corrected chi connectivity index (χ2v) is 13.0. The third kappa shape index (κ3) is 4.25. The molecule has 2 aromatic heterocycles. The lowest BCUT2D eigenvalue weighted by atomic mass is 9.93. The molecule has 0 unspecified atom stereocenters. The van der Waals surface area contributed by atoms with Gasteiger partial charge in [-0.05, 0) is 58.5 Å². The Morgan fingerprint density at radius 2 is 1.08 bits per heavy atom. The van der Waals surface area contributed by atoms with Crippen molar-refractivity contribution in [3.05, 3.63) is 152 Å². The minimum absolute atomic E-state index is 0.616. The molecule has 0 aliphatic carbocycles. The second-order valence-electron chi connectivity index (χ2n) is 12.0. The standard InChI is InChI=1S/C43H25N3OS/c1-2-11-26(12-3-1)29-15-4-5-17-33(29)42-44-41(45-43(46-42)34-20-10-19-32-30-16-6-7-22-38(30)48-40(32)34)28-23-24-36-35(25-28)31-18-8-13-27-14-9-21-37(47-36)39(27)31/h1-25H. The maximum atomic E-state index is 6.42. The molecule has 3 heterocycles. The lowest BCUT2D eigenvalue weighted by Crippen LogP contribution is -2.02. The molecule has 4 nitrogen and oxygen atoms in total. The van der Waals surface area contributed by atoms with Gasteiger partial charge in [0.2, 0.25) is 0 Å². The van der Waals surface area contributed by atoms with E-state index in [1.54, 1.807) is 11.3 Å². The van der Waals surface area contributed by atoms with Crippen LogP contribution in [0, 0.1) is 0 Å². The fraction of sp³-hybridized carbons (Fsp3) is 0. The number of fused-ring (bicyclic) bond motifs is 5. The number of ether oxygens (including phenoxy) is 1. The summed E-state index contributed by atoms with van der Waals surface area (Å²) in [7, 11) is 0. The molecule has 48 heavy (non-hydrogen) atoms. The van der Waals surface area contributed by atoms with Crippen LogP contribution in [0.1, 0.15) is 0 Å². The fourth-order valence-corrected chi connectivity index (χ4v) is 8.13. The molecule has 7 aromatic carbocycles. The lowest BCUT2D eigenvalue weighted by molar-refractivity contribution is 0.487. The summed E-state index contributed by atoms with van der Waals surface area (Å²) in [6, 6.07) is 52.6. The van der Waals surface area contributed by atoms with Crippen molar-refractivity contribution in [1.82, 2.24) is 15.0 Å². The highest BCUT2D eigenvalue weighted by molar-refractivity contribution is 7.26. The van der Waals surface area contributed by atoms with E-state index in [0.29, 0.717) is 17.5 Å². The molecular formula is C43H25N3OS. The van der Waals surface area contributed by atoms with Gasteiger partial charge >= 0.3 is 0 Å². The van der Waals surface area contributed by atoms with Crippen molar-refractivity contribution >= 4 is 42.3 Å². The minimum atomic E-state index is 0.616. The van der Waals surface area contributed by atoms with Gasteiger partial charge in [0.1, 0.15) is 11.5 Å². The molecule has 0 saturated carbocycles. The highest BCUT2D eigenvalue weighted by atomic mass is 32.1. The van der Waals surface area contributed by atoms with Crippen molar-refractivity contribution in [3.63, 3.8) is 0 Å². The molecule has 5 heteroatoms. The van der Waals surface area contributed by atoms with Gasteiger partial charge in [-0.15, -0.1) is 11.3 Å². The minimum Gasteiger partial charge on any atom is -0.456 e. The molecule has 224 valence electrons. The highest BCUT2D eigenvalue weighted by Crippen LogP contribution is 2.47. The van der Waals surface area contributed by atoms with Crippen LogP contribution in [0.2, 0.25) is 0 Å². The number of benzene rings is 7. The average Bonchev–Trinajstić information content (AvgIpc) is 3.54. The molecule has 0 radical (unpaired) electrons. The number of nitrogens with zero attached hydrogens (tertiary/aromatic N) is 3. The smallest absolute Gasteiger partial charge is 0.165 e. The van der Waals surface area contributed by atoms with Gasteiger partial charge < -0.3 is 4.74 Å². The number of aromatic nitrogens is 3. The molecule has 0 N–H and O–H groups in total. The highest BCUT2D eigenvalue weighted by Gasteiger charge is 2.23. The first-order valence-corrected chi connectivity index (χ1v) is 16.8. The summed E-state index contributed by atoms with van der Waals surface area (Å²) < 4.78 is 8.83. The Bertz CT molecular complexity index is 2710. The van der Waals surface area contributed by atoms with E-state index in [-0.39, 0.29) is 0 Å². The first-order chi connectivity index (χ1) is 23.8. The van der Waals surface area contributed by atoms with Crippen LogP contribution in [-0.2, 0) is 0 Å². The van der Waals surface area contributed by atoms with Crippen molar-refractivity contribution in [1.29, 1.82) is 0 Å². The summed E-state index contributed by atoms with van der Waals surface area (Å²) in [5.74, 6) is 3.60. The van der Waals surface area contributed by atoms with E-state index in [4.69, 9.17) is 19.7 Å². The Balaban J connectivity index is 1.22. The summed E-state index contributed by atoms with van der Waals surface area (Å²) in [6.45, 7) is 0. The van der Waals surface area contributed by atoms with E-state index < -0.39 is 0 Å². The summed E-state index contributed by atoms with van der Waals surface area (Å²) in [5, 5.41) is 4.72. The van der Waals surface area contributed by atoms with Gasteiger partial charge in [0.05, 0.1) is 0 Å². The number of rotatable bonds is 4. The number of hydrogen-bond acceptors (Lipinski definition) is 5. The van der Waals surface area contributed by atoms with Crippen LogP contribution < -0.4 is 4.74 Å². The molecule has 0 saturated heterocycles. The zero-order valence-electron chi connectivity index (χ0n) is 25.6. The molecule has 0 spiro atoms. The zero-order chi connectivity index (χ0) is 31.6. The van der Waals surface area contributed by atoms with Gasteiger partial charge in [-0.1, -0.05) is 115 Å². The summed E-state index contributed by atoms with van der Waals surface area (Å²) >= 11 is 1.78. The molecule has 10 rings (SSSR count). The second kappa shape index (κ2) is 10.7. The monoisotopic (exact) mass is 631 g/mol. The van der Waals surface area contributed by atoms with Gasteiger partial charge in [-0.2, -0.15) is 0 Å². The third-order valence-corrected chi connectivity index (χ3v) is 10.4. The van der Waals surface area contributed by atoms with Crippen molar-refractivity contribution < 1.29 is 4.74 Å². The molecule has 1 aliphatic rings. The zero-order valence-corrected chi connectivity index (χ0v) is 26.4. The van der Waals surface area contributed by atoms with Crippen LogP contribution in [0.4, 0.5) is 0 Å². The summed E-state index contributed by atoms with van der Waals surface area (Å²) in [6.07, 6.45) is 0. The van der Waals surface area contributed by atoms with E-state index in [1.165, 1.54) is 20.2 Å². The molecule has 1 aliphatic heterocycles. The number of hydrogen-bond donors (Lipinski definition) is 0. The maximum absolute atomic E-state index is 6.42. The van der Waals surface area contributed by atoms with Gasteiger partial charge in [0, 0.05) is 47.8 Å². The van der Waals surface area contributed by atoms with Crippen molar-refractivity contribution in [2.24, 2.45) is 0 Å². The van der Waals surface area contributed by atoms with E-state index in [0.717, 1.165) is 61.2 Å². The van der Waals surface area contributed by atoms with Crippen LogP contribution in [0.15, 0.2) is 152 Å². The van der Waals surface area contributed by atoms with E-state index in [1.807, 2.05) is 30.3 Å². The quantitative estimate of drug-likeness (QED) is 0.194. The third-order valence-electron chi connectivity index (χ3n) is 9.15. The van der Waals surface area contributed by atoms with Gasteiger partial charge in [-0.25, -0.2) is 15.0 Å². The average molecular weight is 632 g/mol. The first-order valence-electron chi connectivity index (χ1n) is 15.9. The molecule has 0 fully saturated rings. The predicted octanol–water partition coefficient (Wildman–Crippen LogP) is 11.8. The van der Waals surface area contributed by atoms with Crippen LogP contribution in [0.25, 0.3) is 87.4 Å². The van der Waals surface area contributed by atoms with Crippen LogP contribution in [-0.4, -0.2) is 15.0 Å². The predicted molar refractivity (Wildman–Crippen MR) is 197 cm³/mol. The fourth-order valence-electron chi connectivity index (χ4n) is 6.92. The molecular weight excluding hydrogens is 607 g/mol. The van der Waals surface area contributed by atoms with E-state index >= 15 is 0 Å². The molecule has 0 atom stereocenters. The normalized spacial score (nSPS) is 11.9. The van der Waals surface area contributed by atoms with Crippen molar-refractivity contribution in [2.45, 2.75) is 0 Å².